The van der Waals surface area contributed by atoms with Crippen LogP contribution < -0.4 is 4.90 Å². The van der Waals surface area contributed by atoms with Gasteiger partial charge in [-0.2, -0.15) is 0 Å². The molecule has 0 fully saturated rings. The highest BCUT2D eigenvalue weighted by Gasteiger charge is 2.26. The molecule has 4 rings (SSSR count). The van der Waals surface area contributed by atoms with Crippen molar-refractivity contribution in [2.24, 2.45) is 0 Å². The van der Waals surface area contributed by atoms with E-state index in [1.54, 1.807) is 29.7 Å². The summed E-state index contributed by atoms with van der Waals surface area (Å²) in [4.78, 5) is 26.9. The Morgan fingerprint density at radius 1 is 1.04 bits per heavy atom. The lowest BCUT2D eigenvalue weighted by molar-refractivity contribution is 0.0984. The van der Waals surface area contributed by atoms with Crippen molar-refractivity contribution < 1.29 is 4.79 Å². The number of fused-ring (bicyclic) bond motifs is 1. The van der Waals surface area contributed by atoms with Crippen molar-refractivity contribution in [2.75, 3.05) is 11.4 Å². The molecule has 5 nitrogen and oxygen atoms in total. The van der Waals surface area contributed by atoms with Crippen molar-refractivity contribution in [3.05, 3.63) is 72.1 Å². The summed E-state index contributed by atoms with van der Waals surface area (Å²) in [5.41, 5.74) is 5.59. The van der Waals surface area contributed by atoms with Gasteiger partial charge in [0.15, 0.2) is 0 Å². The maximum atomic E-state index is 12.7. The molecule has 24 heavy (non-hydrogen) atoms. The Morgan fingerprint density at radius 3 is 2.62 bits per heavy atom. The fourth-order valence-corrected chi connectivity index (χ4v) is 2.98. The third kappa shape index (κ3) is 2.54. The molecule has 0 aliphatic carbocycles. The first kappa shape index (κ1) is 14.5. The van der Waals surface area contributed by atoms with Gasteiger partial charge in [0.2, 0.25) is 0 Å². The summed E-state index contributed by atoms with van der Waals surface area (Å²) in [7, 11) is 0. The fraction of sp³-hybridized carbons (Fsp3) is 0.158. The molecule has 3 aromatic rings. The van der Waals surface area contributed by atoms with Gasteiger partial charge in [0.1, 0.15) is 5.69 Å². The number of benzene rings is 1. The van der Waals surface area contributed by atoms with Gasteiger partial charge in [-0.05, 0) is 54.3 Å². The summed E-state index contributed by atoms with van der Waals surface area (Å²) in [6.45, 7) is 2.52. The maximum Gasteiger partial charge on any atom is 0.278 e. The van der Waals surface area contributed by atoms with E-state index in [-0.39, 0.29) is 5.91 Å². The summed E-state index contributed by atoms with van der Waals surface area (Å²) < 4.78 is 0. The second-order valence-electron chi connectivity index (χ2n) is 5.83. The highest BCUT2D eigenvalue weighted by atomic mass is 16.2. The fourth-order valence-electron chi connectivity index (χ4n) is 2.98. The molecule has 0 atom stereocenters. The van der Waals surface area contributed by atoms with Crippen LogP contribution in [0.15, 0.2) is 55.1 Å². The normalized spacial score (nSPS) is 13.0. The molecule has 0 radical (unpaired) electrons. The molecule has 118 valence electrons. The quantitative estimate of drug-likeness (QED) is 0.729. The van der Waals surface area contributed by atoms with Crippen molar-refractivity contribution in [3.8, 4) is 11.1 Å². The van der Waals surface area contributed by atoms with E-state index in [0.717, 1.165) is 28.9 Å². The first-order valence-electron chi connectivity index (χ1n) is 7.86. The number of anilines is 1. The predicted octanol–water partition coefficient (Wildman–Crippen LogP) is 3.05. The van der Waals surface area contributed by atoms with Crippen LogP contribution in [0.2, 0.25) is 0 Å². The number of amides is 1. The van der Waals surface area contributed by atoms with Crippen LogP contribution in [0.25, 0.3) is 11.1 Å². The summed E-state index contributed by atoms with van der Waals surface area (Å²) >= 11 is 0. The van der Waals surface area contributed by atoms with Gasteiger partial charge in [-0.15, -0.1) is 0 Å². The minimum Gasteiger partial charge on any atom is -0.306 e. The van der Waals surface area contributed by atoms with Gasteiger partial charge in [-0.25, -0.2) is 4.98 Å². The van der Waals surface area contributed by atoms with Crippen LogP contribution in [0.4, 0.5) is 5.69 Å². The predicted molar refractivity (Wildman–Crippen MR) is 91.8 cm³/mol. The van der Waals surface area contributed by atoms with E-state index in [1.807, 2.05) is 31.2 Å². The maximum absolute atomic E-state index is 12.7. The lowest BCUT2D eigenvalue weighted by Crippen LogP contribution is -2.29. The first-order valence-corrected chi connectivity index (χ1v) is 7.86. The zero-order valence-electron chi connectivity index (χ0n) is 13.3. The van der Waals surface area contributed by atoms with E-state index >= 15 is 0 Å². The lowest BCUT2D eigenvalue weighted by atomic mass is 10.0. The number of hydrogen-bond donors (Lipinski definition) is 0. The zero-order valence-corrected chi connectivity index (χ0v) is 13.3. The second-order valence-corrected chi connectivity index (χ2v) is 5.83. The number of nitrogens with zero attached hydrogens (tertiary/aromatic N) is 4. The Hall–Kier alpha value is -3.08. The molecule has 2 aromatic heterocycles. The highest BCUT2D eigenvalue weighted by molar-refractivity contribution is 6.06. The molecule has 1 aromatic carbocycles. The lowest BCUT2D eigenvalue weighted by Gasteiger charge is -2.17. The topological polar surface area (TPSA) is 59.0 Å². The van der Waals surface area contributed by atoms with Gasteiger partial charge in [0.25, 0.3) is 5.91 Å². The van der Waals surface area contributed by atoms with E-state index in [9.17, 15) is 4.79 Å². The molecule has 0 bridgehead atoms. The molecule has 0 saturated heterocycles. The van der Waals surface area contributed by atoms with E-state index < -0.39 is 0 Å². The smallest absolute Gasteiger partial charge is 0.278 e. The Morgan fingerprint density at radius 2 is 1.88 bits per heavy atom. The third-order valence-corrected chi connectivity index (χ3v) is 4.23. The average molecular weight is 316 g/mol. The minimum atomic E-state index is -0.0992. The van der Waals surface area contributed by atoms with E-state index in [4.69, 9.17) is 0 Å². The van der Waals surface area contributed by atoms with Crippen molar-refractivity contribution in [1.82, 2.24) is 15.0 Å². The van der Waals surface area contributed by atoms with Crippen LogP contribution in [-0.4, -0.2) is 27.4 Å². The molecule has 1 amide bonds. The molecule has 0 unspecified atom stereocenters. The monoisotopic (exact) mass is 316 g/mol. The van der Waals surface area contributed by atoms with Gasteiger partial charge >= 0.3 is 0 Å². The van der Waals surface area contributed by atoms with Crippen LogP contribution in [-0.2, 0) is 6.42 Å². The summed E-state index contributed by atoms with van der Waals surface area (Å²) in [5, 5.41) is 0. The second kappa shape index (κ2) is 5.85. The van der Waals surface area contributed by atoms with Gasteiger partial charge in [0, 0.05) is 30.8 Å². The van der Waals surface area contributed by atoms with Gasteiger partial charge in [-0.3, -0.25) is 14.8 Å². The van der Waals surface area contributed by atoms with Crippen LogP contribution in [0.5, 0.6) is 0 Å². The first-order chi connectivity index (χ1) is 11.7. The van der Waals surface area contributed by atoms with Crippen LogP contribution in [0, 0.1) is 6.92 Å². The standard InChI is InChI=1S/C19H16N4O/c1-13-11-22-17(12-21-13)19(24)23-9-6-16-10-15(2-3-18(16)23)14-4-7-20-8-5-14/h2-5,7-8,10-12H,6,9H2,1H3. The number of hydrogen-bond acceptors (Lipinski definition) is 4. The van der Waals surface area contributed by atoms with E-state index in [1.165, 1.54) is 5.56 Å². The molecular weight excluding hydrogens is 300 g/mol. The van der Waals surface area contributed by atoms with Crippen molar-refractivity contribution in [1.29, 1.82) is 0 Å². The summed E-state index contributed by atoms with van der Waals surface area (Å²) in [6, 6.07) is 10.2. The summed E-state index contributed by atoms with van der Waals surface area (Å²) in [6.07, 6.45) is 7.58. The largest absolute Gasteiger partial charge is 0.306 e. The van der Waals surface area contributed by atoms with Crippen molar-refractivity contribution in [3.63, 3.8) is 0 Å². The molecule has 5 heteroatoms. The molecule has 0 saturated carbocycles. The summed E-state index contributed by atoms with van der Waals surface area (Å²) in [5.74, 6) is -0.0992. The molecule has 0 spiro atoms. The van der Waals surface area contributed by atoms with Crippen LogP contribution in [0.3, 0.4) is 0 Å². The molecular formula is C19H16N4O. The Labute approximate surface area is 140 Å². The van der Waals surface area contributed by atoms with Gasteiger partial charge in [0.05, 0.1) is 11.9 Å². The molecule has 0 N–H and O–H groups in total. The number of aromatic nitrogens is 3. The highest BCUT2D eigenvalue weighted by Crippen LogP contribution is 2.32. The number of pyridine rings is 1. The Kier molecular flexibility index (Phi) is 3.54. The molecule has 3 heterocycles. The van der Waals surface area contributed by atoms with Gasteiger partial charge in [-0.1, -0.05) is 6.07 Å². The Bertz CT molecular complexity index is 891. The van der Waals surface area contributed by atoms with Crippen LogP contribution >= 0.6 is 0 Å². The molecule has 1 aliphatic rings. The zero-order chi connectivity index (χ0) is 16.5. The van der Waals surface area contributed by atoms with Crippen molar-refractivity contribution in [2.45, 2.75) is 13.3 Å². The number of carbonyl (C=O) groups excluding carboxylic acids is 1. The third-order valence-electron chi connectivity index (χ3n) is 4.23. The number of aryl methyl sites for hydroxylation is 1. The molecule has 1 aliphatic heterocycles. The minimum absolute atomic E-state index is 0.0992. The average Bonchev–Trinajstić information content (AvgIpc) is 3.05. The number of rotatable bonds is 2. The van der Waals surface area contributed by atoms with Crippen molar-refractivity contribution >= 4 is 11.6 Å². The Balaban J connectivity index is 1.65. The van der Waals surface area contributed by atoms with Gasteiger partial charge < -0.3 is 4.90 Å². The van der Waals surface area contributed by atoms with Crippen LogP contribution in [0.1, 0.15) is 21.7 Å². The SMILES string of the molecule is Cc1cnc(C(=O)N2CCc3cc(-c4ccncc4)ccc32)cn1. The van der Waals surface area contributed by atoms with E-state index in [2.05, 4.69) is 21.0 Å². The van der Waals surface area contributed by atoms with E-state index in [0.29, 0.717) is 12.2 Å². The number of carbonyl (C=O) groups is 1.